The molecule has 0 amide bonds. The molecule has 0 aromatic carbocycles. The van der Waals surface area contributed by atoms with E-state index in [1.54, 1.807) is 22.9 Å². The van der Waals surface area contributed by atoms with Gasteiger partial charge in [0, 0.05) is 16.7 Å². The van der Waals surface area contributed by atoms with Crippen LogP contribution in [-0.4, -0.2) is 9.55 Å². The van der Waals surface area contributed by atoms with E-state index in [4.69, 9.17) is 11.6 Å². The quantitative estimate of drug-likeness (QED) is 0.799. The lowest BCUT2D eigenvalue weighted by Gasteiger charge is -2.05. The lowest BCUT2D eigenvalue weighted by atomic mass is 10.3. The second-order valence-corrected chi connectivity index (χ2v) is 4.57. The maximum Gasteiger partial charge on any atom is 0.250 e. The van der Waals surface area contributed by atoms with E-state index < -0.39 is 0 Å². The van der Waals surface area contributed by atoms with Gasteiger partial charge in [-0.1, -0.05) is 17.7 Å². The van der Waals surface area contributed by atoms with Crippen molar-refractivity contribution in [2.24, 2.45) is 0 Å². The molecule has 5 heteroatoms. The summed E-state index contributed by atoms with van der Waals surface area (Å²) in [7, 11) is 0. The van der Waals surface area contributed by atoms with Crippen LogP contribution in [0.25, 0.3) is 0 Å². The van der Waals surface area contributed by atoms with Crippen LogP contribution in [0.4, 0.5) is 0 Å². The molecule has 0 aliphatic rings. The van der Waals surface area contributed by atoms with E-state index in [2.05, 4.69) is 20.9 Å². The van der Waals surface area contributed by atoms with Gasteiger partial charge in [0.15, 0.2) is 0 Å². The second kappa shape index (κ2) is 4.80. The summed E-state index contributed by atoms with van der Waals surface area (Å²) in [5.74, 6) is 0. The van der Waals surface area contributed by atoms with Gasteiger partial charge in [-0.15, -0.1) is 0 Å². The number of rotatable bonds is 2. The highest BCUT2D eigenvalue weighted by Gasteiger charge is 2.00. The van der Waals surface area contributed by atoms with Crippen LogP contribution in [0.5, 0.6) is 0 Å². The molecule has 0 bridgehead atoms. The van der Waals surface area contributed by atoms with Crippen LogP contribution in [0.1, 0.15) is 5.69 Å². The van der Waals surface area contributed by atoms with Crippen molar-refractivity contribution in [3.8, 4) is 0 Å². The lowest BCUT2D eigenvalue weighted by molar-refractivity contribution is 0.737. The van der Waals surface area contributed by atoms with Crippen LogP contribution >= 0.6 is 27.5 Å². The summed E-state index contributed by atoms with van der Waals surface area (Å²) in [5, 5.41) is 0.431. The monoisotopic (exact) mass is 298 g/mol. The van der Waals surface area contributed by atoms with Crippen molar-refractivity contribution in [3.63, 3.8) is 0 Å². The molecule has 2 aromatic heterocycles. The highest BCUT2D eigenvalue weighted by molar-refractivity contribution is 9.10. The van der Waals surface area contributed by atoms with Crippen molar-refractivity contribution < 1.29 is 0 Å². The zero-order chi connectivity index (χ0) is 11.5. The molecule has 0 saturated carbocycles. The molecule has 82 valence electrons. The number of aromatic nitrogens is 2. The van der Waals surface area contributed by atoms with E-state index in [0.717, 1.165) is 10.2 Å². The summed E-state index contributed by atoms with van der Waals surface area (Å²) in [6.45, 7) is 0.416. The van der Waals surface area contributed by atoms with E-state index >= 15 is 0 Å². The maximum absolute atomic E-state index is 11.5. The molecule has 16 heavy (non-hydrogen) atoms. The zero-order valence-corrected chi connectivity index (χ0v) is 10.6. The summed E-state index contributed by atoms with van der Waals surface area (Å²) in [6, 6.07) is 8.57. The summed E-state index contributed by atoms with van der Waals surface area (Å²) in [6.07, 6.45) is 1.73. The smallest absolute Gasteiger partial charge is 0.250 e. The third-order valence-corrected chi connectivity index (χ3v) is 2.73. The molecular weight excluding hydrogens is 291 g/mol. The normalized spacial score (nSPS) is 10.4. The Hall–Kier alpha value is -1.13. The Morgan fingerprint density at radius 3 is 2.88 bits per heavy atom. The third-order valence-electron chi connectivity index (χ3n) is 2.05. The first-order chi connectivity index (χ1) is 7.65. The Morgan fingerprint density at radius 2 is 2.12 bits per heavy atom. The van der Waals surface area contributed by atoms with Crippen LogP contribution in [0.3, 0.4) is 0 Å². The summed E-state index contributed by atoms with van der Waals surface area (Å²) in [5.41, 5.74) is 0.692. The van der Waals surface area contributed by atoms with Crippen molar-refractivity contribution in [2.45, 2.75) is 6.54 Å². The minimum atomic E-state index is -0.0648. The van der Waals surface area contributed by atoms with Crippen LogP contribution < -0.4 is 5.56 Å². The summed E-state index contributed by atoms with van der Waals surface area (Å²) >= 11 is 9.09. The lowest BCUT2D eigenvalue weighted by Crippen LogP contribution is -2.19. The molecule has 0 atom stereocenters. The SMILES string of the molecule is O=c1ccc(Br)cn1Cc1cccc(Cl)n1. The molecule has 0 radical (unpaired) electrons. The Kier molecular flexibility index (Phi) is 3.41. The van der Waals surface area contributed by atoms with Gasteiger partial charge in [0.25, 0.3) is 5.56 Å². The highest BCUT2D eigenvalue weighted by Crippen LogP contribution is 2.08. The van der Waals surface area contributed by atoms with Crippen molar-refractivity contribution in [1.82, 2.24) is 9.55 Å². The first-order valence-corrected chi connectivity index (χ1v) is 5.80. The first-order valence-electron chi connectivity index (χ1n) is 4.62. The largest absolute Gasteiger partial charge is 0.308 e. The minimum Gasteiger partial charge on any atom is -0.308 e. The molecule has 0 fully saturated rings. The van der Waals surface area contributed by atoms with Crippen molar-refractivity contribution in [3.05, 3.63) is 62.2 Å². The predicted molar refractivity (Wildman–Crippen MR) is 66.8 cm³/mol. The fourth-order valence-corrected chi connectivity index (χ4v) is 1.90. The number of hydrogen-bond donors (Lipinski definition) is 0. The molecule has 0 aliphatic heterocycles. The molecule has 0 aliphatic carbocycles. The molecular formula is C11H8BrClN2O. The second-order valence-electron chi connectivity index (χ2n) is 3.27. The molecule has 0 N–H and O–H groups in total. The van der Waals surface area contributed by atoms with E-state index in [-0.39, 0.29) is 5.56 Å². The third kappa shape index (κ3) is 2.71. The molecule has 0 unspecified atom stereocenters. The maximum atomic E-state index is 11.5. The average Bonchev–Trinajstić information content (AvgIpc) is 2.24. The van der Waals surface area contributed by atoms with Gasteiger partial charge in [0.1, 0.15) is 5.15 Å². The number of nitrogens with zero attached hydrogens (tertiary/aromatic N) is 2. The van der Waals surface area contributed by atoms with Gasteiger partial charge in [-0.05, 0) is 34.1 Å². The Labute approximate surface area is 106 Å². The average molecular weight is 300 g/mol. The Bertz CT molecular complexity index is 568. The fraction of sp³-hybridized carbons (Fsp3) is 0.0909. The fourth-order valence-electron chi connectivity index (χ4n) is 1.34. The molecule has 3 nitrogen and oxygen atoms in total. The summed E-state index contributed by atoms with van der Waals surface area (Å²) < 4.78 is 2.43. The van der Waals surface area contributed by atoms with Gasteiger partial charge in [-0.2, -0.15) is 0 Å². The van der Waals surface area contributed by atoms with Gasteiger partial charge in [-0.25, -0.2) is 4.98 Å². The van der Waals surface area contributed by atoms with Crippen LogP contribution in [-0.2, 0) is 6.54 Å². The topological polar surface area (TPSA) is 34.9 Å². The van der Waals surface area contributed by atoms with E-state index in [1.807, 2.05) is 12.1 Å². The van der Waals surface area contributed by atoms with Crippen LogP contribution in [0.15, 0.2) is 45.8 Å². The molecule has 2 rings (SSSR count). The van der Waals surface area contributed by atoms with Gasteiger partial charge in [-0.3, -0.25) is 4.79 Å². The molecule has 0 saturated heterocycles. The summed E-state index contributed by atoms with van der Waals surface area (Å²) in [4.78, 5) is 15.7. The Balaban J connectivity index is 2.34. The predicted octanol–water partition coefficient (Wildman–Crippen LogP) is 2.71. The number of pyridine rings is 2. The van der Waals surface area contributed by atoms with Crippen LogP contribution in [0.2, 0.25) is 5.15 Å². The van der Waals surface area contributed by atoms with E-state index in [0.29, 0.717) is 11.7 Å². The van der Waals surface area contributed by atoms with Crippen LogP contribution in [0, 0.1) is 0 Å². The van der Waals surface area contributed by atoms with Crippen molar-refractivity contribution in [2.75, 3.05) is 0 Å². The van der Waals surface area contributed by atoms with Gasteiger partial charge in [0.05, 0.1) is 12.2 Å². The van der Waals surface area contributed by atoms with E-state index in [1.165, 1.54) is 6.07 Å². The molecule has 2 heterocycles. The molecule has 0 spiro atoms. The van der Waals surface area contributed by atoms with Gasteiger partial charge >= 0.3 is 0 Å². The van der Waals surface area contributed by atoms with Gasteiger partial charge in [0.2, 0.25) is 0 Å². The zero-order valence-electron chi connectivity index (χ0n) is 8.23. The number of halogens is 2. The molecule has 2 aromatic rings. The Morgan fingerprint density at radius 1 is 1.31 bits per heavy atom. The standard InChI is InChI=1S/C11H8BrClN2O/c12-8-4-5-11(16)15(6-8)7-9-2-1-3-10(13)14-9/h1-6H,7H2. The highest BCUT2D eigenvalue weighted by atomic mass is 79.9. The van der Waals surface area contributed by atoms with Crippen molar-refractivity contribution >= 4 is 27.5 Å². The first kappa shape index (κ1) is 11.4. The van der Waals surface area contributed by atoms with Crippen molar-refractivity contribution in [1.29, 1.82) is 0 Å². The van der Waals surface area contributed by atoms with Gasteiger partial charge < -0.3 is 4.57 Å². The van der Waals surface area contributed by atoms with E-state index in [9.17, 15) is 4.79 Å². The number of hydrogen-bond acceptors (Lipinski definition) is 2. The minimum absolute atomic E-state index is 0.0648.